The van der Waals surface area contributed by atoms with Gasteiger partial charge in [0.05, 0.1) is 0 Å². The summed E-state index contributed by atoms with van der Waals surface area (Å²) in [7, 11) is 0. The Bertz CT molecular complexity index is 670. The molecule has 0 bridgehead atoms. The number of amides is 2. The summed E-state index contributed by atoms with van der Waals surface area (Å²) in [6, 6.07) is 7.92. The molecular weight excluding hydrogens is 302 g/mol. The molecule has 1 aromatic rings. The summed E-state index contributed by atoms with van der Waals surface area (Å²) in [5.41, 5.74) is 6.70. The third kappa shape index (κ3) is 2.42. The van der Waals surface area contributed by atoms with Crippen molar-refractivity contribution in [3.8, 4) is 0 Å². The molecule has 1 aromatic carbocycles. The number of hydrogen-bond donors (Lipinski definition) is 1. The van der Waals surface area contributed by atoms with Crippen molar-refractivity contribution in [3.05, 3.63) is 35.4 Å². The number of nitrogens with two attached hydrogens (primary N) is 1. The van der Waals surface area contributed by atoms with Crippen molar-refractivity contribution in [1.29, 1.82) is 0 Å². The maximum atomic E-state index is 13.2. The smallest absolute Gasteiger partial charge is 0.254 e. The Kier molecular flexibility index (Phi) is 3.83. The molecule has 0 aromatic heterocycles. The molecule has 1 aliphatic carbocycles. The molecule has 0 radical (unpaired) electrons. The van der Waals surface area contributed by atoms with Crippen LogP contribution in [0.3, 0.4) is 0 Å². The van der Waals surface area contributed by atoms with E-state index in [0.29, 0.717) is 24.7 Å². The fourth-order valence-electron chi connectivity index (χ4n) is 4.40. The third-order valence-corrected chi connectivity index (χ3v) is 5.78. The molecule has 1 atom stereocenters. The van der Waals surface area contributed by atoms with E-state index in [0.717, 1.165) is 50.6 Å². The van der Waals surface area contributed by atoms with Crippen molar-refractivity contribution in [2.45, 2.75) is 56.7 Å². The molecule has 1 unspecified atom stereocenters. The van der Waals surface area contributed by atoms with Crippen LogP contribution in [0.5, 0.6) is 0 Å². The molecule has 3 aliphatic rings. The largest absolute Gasteiger partial charge is 0.338 e. The van der Waals surface area contributed by atoms with Crippen LogP contribution in [-0.4, -0.2) is 46.3 Å². The van der Waals surface area contributed by atoms with Crippen LogP contribution in [0.1, 0.15) is 54.4 Å². The fraction of sp³-hybridized carbons (Fsp3) is 0.579. The Morgan fingerprint density at radius 1 is 1.21 bits per heavy atom. The molecule has 1 spiro atoms. The molecule has 2 saturated heterocycles. The van der Waals surface area contributed by atoms with Gasteiger partial charge in [0.2, 0.25) is 5.91 Å². The number of hydrogen-bond acceptors (Lipinski definition) is 3. The van der Waals surface area contributed by atoms with Gasteiger partial charge in [0.1, 0.15) is 5.54 Å². The topological polar surface area (TPSA) is 66.6 Å². The second kappa shape index (κ2) is 5.88. The Hall–Kier alpha value is -1.88. The van der Waals surface area contributed by atoms with Gasteiger partial charge in [0.15, 0.2) is 0 Å². The van der Waals surface area contributed by atoms with E-state index in [-0.39, 0.29) is 11.8 Å². The van der Waals surface area contributed by atoms with Crippen molar-refractivity contribution in [2.24, 2.45) is 5.73 Å². The molecule has 5 heteroatoms. The van der Waals surface area contributed by atoms with E-state index in [1.54, 1.807) is 0 Å². The lowest BCUT2D eigenvalue weighted by molar-refractivity contribution is -0.146. The van der Waals surface area contributed by atoms with Crippen LogP contribution in [0.25, 0.3) is 0 Å². The number of piperidine rings is 1. The molecular formula is C19H25N3O2. The average molecular weight is 327 g/mol. The first-order chi connectivity index (χ1) is 11.7. The van der Waals surface area contributed by atoms with Crippen molar-refractivity contribution in [1.82, 2.24) is 9.80 Å². The zero-order valence-electron chi connectivity index (χ0n) is 14.0. The van der Waals surface area contributed by atoms with E-state index in [1.807, 2.05) is 34.1 Å². The summed E-state index contributed by atoms with van der Waals surface area (Å²) in [5, 5.41) is 0. The number of carbonyl (C=O) groups excluding carboxylic acids is 2. The highest BCUT2D eigenvalue weighted by atomic mass is 16.2. The molecule has 1 saturated carbocycles. The normalized spacial score (nSPS) is 27.1. The summed E-state index contributed by atoms with van der Waals surface area (Å²) in [6.07, 6.45) is 5.75. The van der Waals surface area contributed by atoms with Gasteiger partial charge in [-0.2, -0.15) is 0 Å². The van der Waals surface area contributed by atoms with E-state index < -0.39 is 5.54 Å². The molecule has 5 nitrogen and oxygen atoms in total. The predicted molar refractivity (Wildman–Crippen MR) is 91.3 cm³/mol. The average Bonchev–Trinajstić information content (AvgIpc) is 3.37. The van der Waals surface area contributed by atoms with Gasteiger partial charge in [-0.15, -0.1) is 0 Å². The molecule has 2 N–H and O–H groups in total. The van der Waals surface area contributed by atoms with Gasteiger partial charge >= 0.3 is 0 Å². The van der Waals surface area contributed by atoms with Crippen molar-refractivity contribution in [3.63, 3.8) is 0 Å². The van der Waals surface area contributed by atoms with Crippen LogP contribution < -0.4 is 5.73 Å². The number of nitrogens with zero attached hydrogens (tertiary/aromatic N) is 2. The Morgan fingerprint density at radius 2 is 1.96 bits per heavy atom. The van der Waals surface area contributed by atoms with Gasteiger partial charge < -0.3 is 15.5 Å². The fourth-order valence-corrected chi connectivity index (χ4v) is 4.40. The van der Waals surface area contributed by atoms with Crippen molar-refractivity contribution in [2.75, 3.05) is 13.1 Å². The zero-order chi connectivity index (χ0) is 16.7. The monoisotopic (exact) mass is 327 g/mol. The molecule has 128 valence electrons. The number of rotatable bonds is 3. The summed E-state index contributed by atoms with van der Waals surface area (Å²) in [6.45, 7) is 1.95. The second-order valence-corrected chi connectivity index (χ2v) is 7.33. The van der Waals surface area contributed by atoms with Gasteiger partial charge in [0, 0.05) is 31.2 Å². The molecule has 2 amide bonds. The van der Waals surface area contributed by atoms with Crippen LogP contribution in [-0.2, 0) is 11.3 Å². The van der Waals surface area contributed by atoms with Crippen LogP contribution in [0, 0.1) is 0 Å². The van der Waals surface area contributed by atoms with Crippen LogP contribution in [0.15, 0.2) is 24.3 Å². The van der Waals surface area contributed by atoms with Gasteiger partial charge in [-0.3, -0.25) is 9.59 Å². The summed E-state index contributed by atoms with van der Waals surface area (Å²) in [4.78, 5) is 30.3. The van der Waals surface area contributed by atoms with Crippen LogP contribution in [0.4, 0.5) is 0 Å². The predicted octanol–water partition coefficient (Wildman–Crippen LogP) is 1.90. The van der Waals surface area contributed by atoms with E-state index in [4.69, 9.17) is 5.73 Å². The van der Waals surface area contributed by atoms with Crippen LogP contribution >= 0.6 is 0 Å². The van der Waals surface area contributed by atoms with Gasteiger partial charge in [-0.25, -0.2) is 0 Å². The van der Waals surface area contributed by atoms with E-state index in [2.05, 4.69) is 0 Å². The number of carbonyl (C=O) groups is 2. The highest BCUT2D eigenvalue weighted by Crippen LogP contribution is 2.42. The third-order valence-electron chi connectivity index (χ3n) is 5.78. The number of benzene rings is 1. The molecule has 3 fully saturated rings. The van der Waals surface area contributed by atoms with Crippen molar-refractivity contribution < 1.29 is 9.59 Å². The Labute approximate surface area is 142 Å². The van der Waals surface area contributed by atoms with Gasteiger partial charge in [-0.05, 0) is 56.2 Å². The quantitative estimate of drug-likeness (QED) is 0.922. The minimum absolute atomic E-state index is 0.0196. The lowest BCUT2D eigenvalue weighted by Gasteiger charge is -2.44. The summed E-state index contributed by atoms with van der Waals surface area (Å²) < 4.78 is 0. The molecule has 2 aliphatic heterocycles. The van der Waals surface area contributed by atoms with E-state index in [1.165, 1.54) is 0 Å². The maximum Gasteiger partial charge on any atom is 0.254 e. The minimum atomic E-state index is -0.601. The molecule has 4 rings (SSSR count). The minimum Gasteiger partial charge on any atom is -0.338 e. The van der Waals surface area contributed by atoms with Gasteiger partial charge in [0.25, 0.3) is 5.91 Å². The lowest BCUT2D eigenvalue weighted by atomic mass is 9.85. The number of likely N-dealkylation sites (tertiary alicyclic amines) is 2. The molecule has 2 heterocycles. The highest BCUT2D eigenvalue weighted by molar-refractivity contribution is 6.00. The van der Waals surface area contributed by atoms with E-state index >= 15 is 0 Å². The summed E-state index contributed by atoms with van der Waals surface area (Å²) in [5.74, 6) is 0.172. The zero-order valence-corrected chi connectivity index (χ0v) is 14.0. The van der Waals surface area contributed by atoms with E-state index in [9.17, 15) is 9.59 Å². The first-order valence-corrected chi connectivity index (χ1v) is 9.08. The van der Waals surface area contributed by atoms with Crippen molar-refractivity contribution >= 4 is 11.8 Å². The molecule has 24 heavy (non-hydrogen) atoms. The second-order valence-electron chi connectivity index (χ2n) is 7.33. The lowest BCUT2D eigenvalue weighted by Crippen LogP contribution is -2.61. The first kappa shape index (κ1) is 15.6. The van der Waals surface area contributed by atoms with Crippen LogP contribution in [0.2, 0.25) is 0 Å². The van der Waals surface area contributed by atoms with Gasteiger partial charge in [-0.1, -0.05) is 12.1 Å². The Balaban J connectivity index is 1.63. The Morgan fingerprint density at radius 3 is 2.67 bits per heavy atom. The first-order valence-electron chi connectivity index (χ1n) is 9.08. The highest BCUT2D eigenvalue weighted by Gasteiger charge is 2.54. The standard InChI is InChI=1S/C19H25N3O2/c20-13-14-4-1-5-15(12-14)17(23)22-11-3-9-19(22)8-2-10-21(18(19)24)16-6-7-16/h1,4-5,12,16H,2-3,6-11,13,20H2. The SMILES string of the molecule is NCc1cccc(C(=O)N2CCCC23CCCN(C2CC2)C3=O)c1. The maximum absolute atomic E-state index is 13.2. The summed E-state index contributed by atoms with van der Waals surface area (Å²) >= 11 is 0.